The third-order valence-electron chi connectivity index (χ3n) is 3.74. The van der Waals surface area contributed by atoms with Gasteiger partial charge in [0.25, 0.3) is 0 Å². The van der Waals surface area contributed by atoms with Gasteiger partial charge in [0.15, 0.2) is 0 Å². The molecule has 0 amide bonds. The van der Waals surface area contributed by atoms with Crippen molar-refractivity contribution in [3.05, 3.63) is 18.2 Å². The van der Waals surface area contributed by atoms with E-state index in [4.69, 9.17) is 5.11 Å². The number of hydrogen-bond donors (Lipinski definition) is 1. The highest BCUT2D eigenvalue weighted by molar-refractivity contribution is 5.66. The number of hydrogen-bond acceptors (Lipinski definition) is 3. The number of nitrogens with zero attached hydrogens (tertiary/aromatic N) is 3. The van der Waals surface area contributed by atoms with Crippen LogP contribution < -0.4 is 0 Å². The molecule has 5 nitrogen and oxygen atoms in total. The summed E-state index contributed by atoms with van der Waals surface area (Å²) in [7, 11) is 0. The van der Waals surface area contributed by atoms with E-state index < -0.39 is 12.5 Å². The molecule has 2 rings (SSSR count). The number of carboxylic acids is 1. The number of halogens is 2. The molecule has 0 aromatic carbocycles. The summed E-state index contributed by atoms with van der Waals surface area (Å²) in [5, 5.41) is 8.77. The molecule has 1 unspecified atom stereocenters. The Hall–Kier alpha value is -1.50. The number of imidazole rings is 1. The number of aromatic nitrogens is 2. The fourth-order valence-corrected chi connectivity index (χ4v) is 2.71. The highest BCUT2D eigenvalue weighted by Crippen LogP contribution is 2.23. The quantitative estimate of drug-likeness (QED) is 0.873. The second-order valence-electron chi connectivity index (χ2n) is 5.08. The molecule has 1 aliphatic heterocycles. The minimum absolute atomic E-state index is 0.116. The highest BCUT2D eigenvalue weighted by Gasteiger charge is 2.25. The number of rotatable bonds is 6. The topological polar surface area (TPSA) is 58.4 Å². The average molecular weight is 287 g/mol. The molecular weight excluding hydrogens is 268 g/mol. The Morgan fingerprint density at radius 1 is 1.50 bits per heavy atom. The number of carboxylic acid groups (broad SMARTS) is 1. The van der Waals surface area contributed by atoms with E-state index in [-0.39, 0.29) is 12.5 Å². The van der Waals surface area contributed by atoms with Crippen molar-refractivity contribution >= 4 is 5.97 Å². The van der Waals surface area contributed by atoms with E-state index in [1.807, 2.05) is 0 Å². The molecule has 1 N–H and O–H groups in total. The number of alkyl halides is 2. The molecule has 1 aromatic rings. The number of likely N-dealkylation sites (tertiary alicyclic amines) is 1. The van der Waals surface area contributed by atoms with Gasteiger partial charge in [-0.05, 0) is 25.8 Å². The van der Waals surface area contributed by atoms with Crippen LogP contribution in [0, 0.1) is 0 Å². The summed E-state index contributed by atoms with van der Waals surface area (Å²) in [5.74, 6) is -0.480. The first-order chi connectivity index (χ1) is 9.58. The maximum Gasteiger partial charge on any atom is 0.319 e. The monoisotopic (exact) mass is 287 g/mol. The van der Waals surface area contributed by atoms with Gasteiger partial charge in [0, 0.05) is 24.9 Å². The van der Waals surface area contributed by atoms with Crippen LogP contribution in [0.1, 0.15) is 44.5 Å². The van der Waals surface area contributed by atoms with Crippen molar-refractivity contribution in [3.8, 4) is 0 Å². The maximum atomic E-state index is 12.8. The molecule has 0 spiro atoms. The zero-order valence-electron chi connectivity index (χ0n) is 11.2. The van der Waals surface area contributed by atoms with Crippen LogP contribution in [0.3, 0.4) is 0 Å². The second-order valence-corrected chi connectivity index (χ2v) is 5.08. The molecule has 1 aliphatic rings. The van der Waals surface area contributed by atoms with E-state index in [9.17, 15) is 13.6 Å². The summed E-state index contributed by atoms with van der Waals surface area (Å²) >= 11 is 0. The SMILES string of the molecule is O=C(O)CCC1CCCCN1Cc1nccn1C(F)F. The minimum Gasteiger partial charge on any atom is -0.481 e. The third kappa shape index (κ3) is 3.75. The molecule has 1 atom stereocenters. The van der Waals surface area contributed by atoms with E-state index >= 15 is 0 Å². The summed E-state index contributed by atoms with van der Waals surface area (Å²) in [5.41, 5.74) is 0. The van der Waals surface area contributed by atoms with E-state index in [0.717, 1.165) is 30.4 Å². The predicted octanol–water partition coefficient (Wildman–Crippen LogP) is 2.50. The van der Waals surface area contributed by atoms with Gasteiger partial charge >= 0.3 is 12.5 Å². The number of piperidine rings is 1. The van der Waals surface area contributed by atoms with Crippen molar-refractivity contribution in [2.24, 2.45) is 0 Å². The fourth-order valence-electron chi connectivity index (χ4n) is 2.71. The van der Waals surface area contributed by atoms with Crippen LogP contribution in [-0.2, 0) is 11.3 Å². The van der Waals surface area contributed by atoms with Crippen LogP contribution in [-0.4, -0.2) is 38.1 Å². The van der Waals surface area contributed by atoms with Crippen molar-refractivity contribution in [3.63, 3.8) is 0 Å². The smallest absolute Gasteiger partial charge is 0.319 e. The standard InChI is InChI=1S/C13H19F2N3O2/c14-13(15)18-8-6-16-11(18)9-17-7-2-1-3-10(17)4-5-12(19)20/h6,8,10,13H,1-5,7,9H2,(H,19,20). The zero-order valence-corrected chi connectivity index (χ0v) is 11.2. The molecule has 112 valence electrons. The van der Waals surface area contributed by atoms with Gasteiger partial charge in [-0.2, -0.15) is 8.78 Å². The lowest BCUT2D eigenvalue weighted by atomic mass is 9.98. The lowest BCUT2D eigenvalue weighted by Crippen LogP contribution is -2.39. The van der Waals surface area contributed by atoms with Gasteiger partial charge in [0.1, 0.15) is 5.82 Å². The molecule has 0 saturated carbocycles. The predicted molar refractivity (Wildman–Crippen MR) is 68.4 cm³/mol. The molecule has 0 bridgehead atoms. The first kappa shape index (κ1) is 14.9. The lowest BCUT2D eigenvalue weighted by molar-refractivity contribution is -0.137. The van der Waals surface area contributed by atoms with Gasteiger partial charge in [-0.1, -0.05) is 6.42 Å². The van der Waals surface area contributed by atoms with Crippen LogP contribution >= 0.6 is 0 Å². The van der Waals surface area contributed by atoms with Gasteiger partial charge in [-0.25, -0.2) is 4.98 Å². The molecule has 1 aromatic heterocycles. The Balaban J connectivity index is 2.00. The molecule has 7 heteroatoms. The molecule has 0 radical (unpaired) electrons. The Morgan fingerprint density at radius 2 is 2.30 bits per heavy atom. The first-order valence-corrected chi connectivity index (χ1v) is 6.83. The van der Waals surface area contributed by atoms with Crippen LogP contribution in [0.25, 0.3) is 0 Å². The molecule has 20 heavy (non-hydrogen) atoms. The van der Waals surface area contributed by atoms with E-state index in [1.54, 1.807) is 0 Å². The van der Waals surface area contributed by atoms with Crippen molar-refractivity contribution < 1.29 is 18.7 Å². The van der Waals surface area contributed by atoms with Crippen molar-refractivity contribution in [2.75, 3.05) is 6.54 Å². The maximum absolute atomic E-state index is 12.8. The molecule has 1 fully saturated rings. The fraction of sp³-hybridized carbons (Fsp3) is 0.692. The van der Waals surface area contributed by atoms with Crippen molar-refractivity contribution in [2.45, 2.75) is 51.2 Å². The molecule has 2 heterocycles. The zero-order chi connectivity index (χ0) is 14.5. The summed E-state index contributed by atoms with van der Waals surface area (Å²) in [6, 6.07) is 0.141. The normalized spacial score (nSPS) is 20.4. The van der Waals surface area contributed by atoms with Gasteiger partial charge in [0.05, 0.1) is 6.54 Å². The summed E-state index contributed by atoms with van der Waals surface area (Å²) in [6.07, 6.45) is 6.31. The van der Waals surface area contributed by atoms with Crippen molar-refractivity contribution in [1.82, 2.24) is 14.5 Å². The van der Waals surface area contributed by atoms with Gasteiger partial charge in [0.2, 0.25) is 0 Å². The van der Waals surface area contributed by atoms with Gasteiger partial charge < -0.3 is 5.11 Å². The number of aliphatic carboxylic acids is 1. The van der Waals surface area contributed by atoms with Crippen LogP contribution in [0.15, 0.2) is 12.4 Å². The Labute approximate surface area is 116 Å². The average Bonchev–Trinajstić information content (AvgIpc) is 2.86. The molecular formula is C13H19F2N3O2. The van der Waals surface area contributed by atoms with Crippen LogP contribution in [0.4, 0.5) is 8.78 Å². The molecule has 1 saturated heterocycles. The lowest BCUT2D eigenvalue weighted by Gasteiger charge is -2.35. The van der Waals surface area contributed by atoms with E-state index in [0.29, 0.717) is 18.8 Å². The first-order valence-electron chi connectivity index (χ1n) is 6.83. The minimum atomic E-state index is -2.59. The summed E-state index contributed by atoms with van der Waals surface area (Å²) in [4.78, 5) is 16.7. The van der Waals surface area contributed by atoms with Gasteiger partial charge in [-0.15, -0.1) is 0 Å². The van der Waals surface area contributed by atoms with Gasteiger partial charge in [-0.3, -0.25) is 14.3 Å². The van der Waals surface area contributed by atoms with Crippen molar-refractivity contribution in [1.29, 1.82) is 0 Å². The third-order valence-corrected chi connectivity index (χ3v) is 3.74. The van der Waals surface area contributed by atoms with Crippen LogP contribution in [0.2, 0.25) is 0 Å². The second kappa shape index (κ2) is 6.78. The van der Waals surface area contributed by atoms with Crippen LogP contribution in [0.5, 0.6) is 0 Å². The molecule has 0 aliphatic carbocycles. The van der Waals surface area contributed by atoms with E-state index in [2.05, 4.69) is 9.88 Å². The summed E-state index contributed by atoms with van der Waals surface area (Å²) in [6.45, 7) is -1.43. The Kier molecular flexibility index (Phi) is 5.05. The number of carbonyl (C=O) groups is 1. The highest BCUT2D eigenvalue weighted by atomic mass is 19.3. The largest absolute Gasteiger partial charge is 0.481 e. The summed E-state index contributed by atoms with van der Waals surface area (Å²) < 4.78 is 26.4. The Morgan fingerprint density at radius 3 is 3.00 bits per heavy atom. The Bertz CT molecular complexity index is 451. The van der Waals surface area contributed by atoms with E-state index in [1.165, 1.54) is 12.4 Å².